The van der Waals surface area contributed by atoms with E-state index in [0.717, 1.165) is 6.42 Å². The van der Waals surface area contributed by atoms with E-state index in [-0.39, 0.29) is 18.6 Å². The first-order valence-corrected chi connectivity index (χ1v) is 6.16. The number of ether oxygens (including phenoxy) is 2. The monoisotopic (exact) mass is 265 g/mol. The van der Waals surface area contributed by atoms with Crippen molar-refractivity contribution in [1.29, 1.82) is 0 Å². The van der Waals surface area contributed by atoms with E-state index in [4.69, 9.17) is 9.47 Å². The van der Waals surface area contributed by atoms with Crippen molar-refractivity contribution in [2.24, 2.45) is 0 Å². The minimum atomic E-state index is -0.206. The van der Waals surface area contributed by atoms with Gasteiger partial charge >= 0.3 is 0 Å². The summed E-state index contributed by atoms with van der Waals surface area (Å²) in [5.41, 5.74) is 0.357. The lowest BCUT2D eigenvalue weighted by Gasteiger charge is -2.13. The molecule has 0 radical (unpaired) electrons. The van der Waals surface area contributed by atoms with Crippen LogP contribution in [0, 0.1) is 0 Å². The largest absolute Gasteiger partial charge is 0.497 e. The average Bonchev–Trinajstić information content (AvgIpc) is 2.44. The zero-order valence-corrected chi connectivity index (χ0v) is 11.4. The Morgan fingerprint density at radius 1 is 1.47 bits per heavy atom. The minimum absolute atomic E-state index is 0.109. The Balaban J connectivity index is 2.62. The van der Waals surface area contributed by atoms with E-state index in [1.54, 1.807) is 18.2 Å². The highest BCUT2D eigenvalue weighted by Gasteiger charge is 2.09. The number of amides is 1. The topological polar surface area (TPSA) is 64.6 Å². The molecule has 0 saturated heterocycles. The summed E-state index contributed by atoms with van der Waals surface area (Å²) in [6.07, 6.45) is 1.53. The van der Waals surface area contributed by atoms with E-state index in [0.29, 0.717) is 23.3 Å². The lowest BCUT2D eigenvalue weighted by Crippen LogP contribution is -2.35. The summed E-state index contributed by atoms with van der Waals surface area (Å²) in [4.78, 5) is 22.5. The highest BCUT2D eigenvalue weighted by Crippen LogP contribution is 2.22. The Hall–Kier alpha value is -2.04. The number of nitrogens with one attached hydrogen (secondary N) is 1. The normalized spacial score (nSPS) is 11.5. The van der Waals surface area contributed by atoms with Crippen LogP contribution in [0.5, 0.6) is 11.5 Å². The Morgan fingerprint density at radius 2 is 2.21 bits per heavy atom. The van der Waals surface area contributed by atoms with Crippen LogP contribution in [0.4, 0.5) is 0 Å². The maximum Gasteiger partial charge on any atom is 0.258 e. The van der Waals surface area contributed by atoms with Gasteiger partial charge in [0.15, 0.2) is 12.9 Å². The molecular formula is C14H19NO4. The molecule has 1 aromatic carbocycles. The number of benzene rings is 1. The standard InChI is InChI=1S/C14H19NO4/c1-4-10(2)15-14(17)9-19-13-6-5-12(18-3)7-11(13)8-16/h5-8,10H,4,9H2,1-3H3,(H,15,17)/t10-/m0/s1. The summed E-state index contributed by atoms with van der Waals surface area (Å²) in [6, 6.07) is 4.96. The van der Waals surface area contributed by atoms with Gasteiger partial charge in [0.2, 0.25) is 0 Å². The lowest BCUT2D eigenvalue weighted by atomic mass is 10.2. The van der Waals surface area contributed by atoms with Crippen molar-refractivity contribution in [3.63, 3.8) is 0 Å². The predicted molar refractivity (Wildman–Crippen MR) is 71.8 cm³/mol. The zero-order chi connectivity index (χ0) is 14.3. The van der Waals surface area contributed by atoms with E-state index in [1.165, 1.54) is 7.11 Å². The van der Waals surface area contributed by atoms with Crippen LogP contribution >= 0.6 is 0 Å². The van der Waals surface area contributed by atoms with Gasteiger partial charge in [0, 0.05) is 6.04 Å². The summed E-state index contributed by atoms with van der Waals surface area (Å²) >= 11 is 0. The van der Waals surface area contributed by atoms with Gasteiger partial charge in [-0.2, -0.15) is 0 Å². The fraction of sp³-hybridized carbons (Fsp3) is 0.429. The molecule has 1 N–H and O–H groups in total. The molecule has 1 amide bonds. The Morgan fingerprint density at radius 3 is 2.79 bits per heavy atom. The zero-order valence-electron chi connectivity index (χ0n) is 11.4. The molecule has 5 nitrogen and oxygen atoms in total. The van der Waals surface area contributed by atoms with Gasteiger partial charge in [0.1, 0.15) is 11.5 Å². The van der Waals surface area contributed by atoms with E-state index in [1.807, 2.05) is 13.8 Å². The second-order valence-electron chi connectivity index (χ2n) is 4.19. The van der Waals surface area contributed by atoms with Crippen molar-refractivity contribution >= 4 is 12.2 Å². The summed E-state index contributed by atoms with van der Waals surface area (Å²) < 4.78 is 10.3. The molecular weight excluding hydrogens is 246 g/mol. The molecule has 104 valence electrons. The SMILES string of the molecule is CC[C@H](C)NC(=O)COc1ccc(OC)cc1C=O. The second-order valence-corrected chi connectivity index (χ2v) is 4.19. The molecule has 0 aliphatic rings. The van der Waals surface area contributed by atoms with Crippen molar-refractivity contribution in [3.8, 4) is 11.5 Å². The van der Waals surface area contributed by atoms with Gasteiger partial charge in [-0.3, -0.25) is 9.59 Å². The number of methoxy groups -OCH3 is 1. The number of carbonyl (C=O) groups excluding carboxylic acids is 2. The highest BCUT2D eigenvalue weighted by molar-refractivity contribution is 5.81. The third kappa shape index (κ3) is 4.62. The first kappa shape index (κ1) is 15.0. The summed E-state index contributed by atoms with van der Waals surface area (Å²) in [6.45, 7) is 3.79. The third-order valence-electron chi connectivity index (χ3n) is 2.72. The van der Waals surface area contributed by atoms with Crippen LogP contribution in [0.1, 0.15) is 30.6 Å². The molecule has 0 fully saturated rings. The number of rotatable bonds is 7. The molecule has 0 aliphatic heterocycles. The van der Waals surface area contributed by atoms with E-state index in [2.05, 4.69) is 5.32 Å². The van der Waals surface area contributed by atoms with E-state index in [9.17, 15) is 9.59 Å². The van der Waals surface area contributed by atoms with Gasteiger partial charge in [-0.05, 0) is 31.5 Å². The van der Waals surface area contributed by atoms with Gasteiger partial charge in [-0.15, -0.1) is 0 Å². The summed E-state index contributed by atoms with van der Waals surface area (Å²) in [5.74, 6) is 0.732. The number of hydrogen-bond acceptors (Lipinski definition) is 4. The maximum atomic E-state index is 11.6. The van der Waals surface area contributed by atoms with Crippen LogP contribution in [0.2, 0.25) is 0 Å². The molecule has 0 saturated carbocycles. The second kappa shape index (κ2) is 7.41. The Labute approximate surface area is 112 Å². The maximum absolute atomic E-state index is 11.6. The van der Waals surface area contributed by atoms with Crippen LogP contribution in [0.25, 0.3) is 0 Å². The molecule has 0 heterocycles. The molecule has 0 aliphatic carbocycles. The first-order chi connectivity index (χ1) is 9.10. The highest BCUT2D eigenvalue weighted by atomic mass is 16.5. The first-order valence-electron chi connectivity index (χ1n) is 6.16. The van der Waals surface area contributed by atoms with Gasteiger partial charge < -0.3 is 14.8 Å². The van der Waals surface area contributed by atoms with Gasteiger partial charge in [-0.25, -0.2) is 0 Å². The van der Waals surface area contributed by atoms with Gasteiger partial charge in [0.25, 0.3) is 5.91 Å². The lowest BCUT2D eigenvalue weighted by molar-refractivity contribution is -0.123. The average molecular weight is 265 g/mol. The predicted octanol–water partition coefficient (Wildman–Crippen LogP) is 1.80. The molecule has 0 aromatic heterocycles. The number of hydrogen-bond donors (Lipinski definition) is 1. The molecule has 1 atom stereocenters. The Bertz CT molecular complexity index is 445. The van der Waals surface area contributed by atoms with Crippen LogP contribution in [0.15, 0.2) is 18.2 Å². The van der Waals surface area contributed by atoms with E-state index >= 15 is 0 Å². The third-order valence-corrected chi connectivity index (χ3v) is 2.72. The van der Waals surface area contributed by atoms with Crippen LogP contribution in [0.3, 0.4) is 0 Å². The minimum Gasteiger partial charge on any atom is -0.497 e. The summed E-state index contributed by atoms with van der Waals surface area (Å²) in [5, 5.41) is 2.78. The van der Waals surface area contributed by atoms with Crippen molar-refractivity contribution in [2.75, 3.05) is 13.7 Å². The fourth-order valence-electron chi connectivity index (χ4n) is 1.44. The molecule has 0 unspecified atom stereocenters. The molecule has 19 heavy (non-hydrogen) atoms. The van der Waals surface area contributed by atoms with Gasteiger partial charge in [0.05, 0.1) is 12.7 Å². The fourth-order valence-corrected chi connectivity index (χ4v) is 1.44. The van der Waals surface area contributed by atoms with Crippen LogP contribution in [-0.4, -0.2) is 32.0 Å². The van der Waals surface area contributed by atoms with Crippen molar-refractivity contribution in [1.82, 2.24) is 5.32 Å². The Kier molecular flexibility index (Phi) is 5.85. The molecule has 0 bridgehead atoms. The van der Waals surface area contributed by atoms with Crippen molar-refractivity contribution in [2.45, 2.75) is 26.3 Å². The quantitative estimate of drug-likeness (QED) is 0.763. The molecule has 1 aromatic rings. The van der Waals surface area contributed by atoms with Gasteiger partial charge in [-0.1, -0.05) is 6.92 Å². The van der Waals surface area contributed by atoms with Crippen molar-refractivity contribution < 1.29 is 19.1 Å². The molecule has 0 spiro atoms. The van der Waals surface area contributed by atoms with Crippen LogP contribution in [-0.2, 0) is 4.79 Å². The molecule has 5 heteroatoms. The smallest absolute Gasteiger partial charge is 0.258 e. The van der Waals surface area contributed by atoms with Crippen LogP contribution < -0.4 is 14.8 Å². The number of carbonyl (C=O) groups is 2. The molecule has 1 rings (SSSR count). The number of aldehydes is 1. The summed E-state index contributed by atoms with van der Waals surface area (Å²) in [7, 11) is 1.52. The van der Waals surface area contributed by atoms with Crippen molar-refractivity contribution in [3.05, 3.63) is 23.8 Å². The van der Waals surface area contributed by atoms with E-state index < -0.39 is 0 Å².